The van der Waals surface area contributed by atoms with E-state index in [0.717, 1.165) is 42.4 Å². The molecule has 2 atom stereocenters. The fourth-order valence-corrected chi connectivity index (χ4v) is 6.99. The van der Waals surface area contributed by atoms with E-state index in [1.54, 1.807) is 42.1 Å². The van der Waals surface area contributed by atoms with Crippen LogP contribution in [0.4, 0.5) is 8.78 Å². The molecule has 3 heterocycles. The number of nitrogens with zero attached hydrogens (tertiary/aromatic N) is 3. The Balaban J connectivity index is 1.64. The highest BCUT2D eigenvalue weighted by molar-refractivity contribution is 7.99. The predicted molar refractivity (Wildman–Crippen MR) is 145 cm³/mol. The van der Waals surface area contributed by atoms with Crippen molar-refractivity contribution in [3.05, 3.63) is 81.1 Å². The van der Waals surface area contributed by atoms with Crippen molar-refractivity contribution < 1.29 is 13.5 Å². The third-order valence-corrected chi connectivity index (χ3v) is 9.01. The van der Waals surface area contributed by atoms with E-state index in [4.69, 9.17) is 4.74 Å². The van der Waals surface area contributed by atoms with Crippen LogP contribution in [0.1, 0.15) is 29.2 Å². The molecule has 0 spiro atoms. The second-order valence-corrected chi connectivity index (χ2v) is 11.2. The number of likely N-dealkylation sites (N-methyl/N-ethyl adjacent to an activating group) is 1. The van der Waals surface area contributed by atoms with Gasteiger partial charge in [0.05, 0.1) is 23.7 Å². The standard InChI is InChI=1S/C29H33F2N3O2S/c1-18-23(14-19-8-5-6-10-24(19)30)29-34(21(17-37-29)16-33-13-12-20(15-33)32(2)3)28(35)26(18)22-9-7-11-25(36-4)27(22)31/h5-11,20-21H,12-17H2,1-4H3/t20-,21?/m1/s1. The summed E-state index contributed by atoms with van der Waals surface area (Å²) in [7, 11) is 5.62. The van der Waals surface area contributed by atoms with E-state index in [2.05, 4.69) is 23.9 Å². The van der Waals surface area contributed by atoms with Crippen molar-refractivity contribution in [2.24, 2.45) is 0 Å². The Labute approximate surface area is 221 Å². The molecule has 5 nitrogen and oxygen atoms in total. The third-order valence-electron chi connectivity index (χ3n) is 7.74. The molecule has 37 heavy (non-hydrogen) atoms. The van der Waals surface area contributed by atoms with Gasteiger partial charge in [-0.2, -0.15) is 0 Å². The van der Waals surface area contributed by atoms with Crippen molar-refractivity contribution in [1.82, 2.24) is 14.4 Å². The fraction of sp³-hybridized carbons (Fsp3) is 0.414. The number of hydrogen-bond donors (Lipinski definition) is 0. The van der Waals surface area contributed by atoms with Gasteiger partial charge in [-0.25, -0.2) is 8.78 Å². The molecule has 1 fully saturated rings. The molecule has 3 aromatic rings. The highest BCUT2D eigenvalue weighted by Crippen LogP contribution is 2.41. The summed E-state index contributed by atoms with van der Waals surface area (Å²) >= 11 is 1.65. The lowest BCUT2D eigenvalue weighted by molar-refractivity contribution is 0.246. The number of rotatable bonds is 7. The first-order valence-corrected chi connectivity index (χ1v) is 13.6. The molecule has 0 aliphatic carbocycles. The molecule has 0 bridgehead atoms. The molecule has 5 rings (SSSR count). The summed E-state index contributed by atoms with van der Waals surface area (Å²) in [6, 6.07) is 12.0. The van der Waals surface area contributed by atoms with Crippen molar-refractivity contribution in [1.29, 1.82) is 0 Å². The van der Waals surface area contributed by atoms with Gasteiger partial charge in [-0.05, 0) is 62.8 Å². The van der Waals surface area contributed by atoms with Gasteiger partial charge in [0, 0.05) is 36.9 Å². The molecule has 1 unspecified atom stereocenters. The molecule has 1 saturated heterocycles. The molecule has 0 N–H and O–H groups in total. The lowest BCUT2D eigenvalue weighted by atomic mass is 9.94. The minimum atomic E-state index is -0.557. The lowest BCUT2D eigenvalue weighted by Gasteiger charge is -2.25. The number of fused-ring (bicyclic) bond motifs is 1. The minimum absolute atomic E-state index is 0.0409. The van der Waals surface area contributed by atoms with Gasteiger partial charge in [0.25, 0.3) is 5.56 Å². The highest BCUT2D eigenvalue weighted by atomic mass is 32.2. The van der Waals surface area contributed by atoms with Crippen LogP contribution in [-0.2, 0) is 6.42 Å². The highest BCUT2D eigenvalue weighted by Gasteiger charge is 2.34. The molecule has 2 aliphatic heterocycles. The molecule has 2 aliphatic rings. The molecule has 0 amide bonds. The first kappa shape index (κ1) is 25.9. The van der Waals surface area contributed by atoms with Crippen molar-refractivity contribution in [3.63, 3.8) is 0 Å². The zero-order chi connectivity index (χ0) is 26.3. The minimum Gasteiger partial charge on any atom is -0.494 e. The van der Waals surface area contributed by atoms with E-state index in [-0.39, 0.29) is 28.7 Å². The van der Waals surface area contributed by atoms with Crippen molar-refractivity contribution in [3.8, 4) is 16.9 Å². The monoisotopic (exact) mass is 525 g/mol. The van der Waals surface area contributed by atoms with Crippen molar-refractivity contribution in [2.45, 2.75) is 36.9 Å². The number of methoxy groups -OCH3 is 1. The number of likely N-dealkylation sites (tertiary alicyclic amines) is 1. The summed E-state index contributed by atoms with van der Waals surface area (Å²) in [4.78, 5) is 18.8. The number of aromatic nitrogens is 1. The van der Waals surface area contributed by atoms with E-state index in [9.17, 15) is 9.18 Å². The van der Waals surface area contributed by atoms with Crippen LogP contribution in [0.15, 0.2) is 52.3 Å². The van der Waals surface area contributed by atoms with Crippen LogP contribution in [0.25, 0.3) is 11.1 Å². The Kier molecular flexibility index (Phi) is 7.43. The second-order valence-electron chi connectivity index (χ2n) is 10.2. The van der Waals surface area contributed by atoms with E-state index in [1.807, 2.05) is 17.6 Å². The van der Waals surface area contributed by atoms with Crippen LogP contribution in [0, 0.1) is 18.6 Å². The molecular weight excluding hydrogens is 492 g/mol. The molecule has 0 radical (unpaired) electrons. The maximum absolute atomic E-state index is 15.5. The Morgan fingerprint density at radius 1 is 1.14 bits per heavy atom. The van der Waals surface area contributed by atoms with E-state index in [0.29, 0.717) is 29.2 Å². The van der Waals surface area contributed by atoms with Crippen LogP contribution >= 0.6 is 11.8 Å². The summed E-state index contributed by atoms with van der Waals surface area (Å²) in [6.45, 7) is 4.55. The van der Waals surface area contributed by atoms with Crippen LogP contribution in [-0.4, -0.2) is 67.0 Å². The smallest absolute Gasteiger partial charge is 0.260 e. The summed E-state index contributed by atoms with van der Waals surface area (Å²) in [5.74, 6) is 0.00667. The molecule has 196 valence electrons. The fourth-order valence-electron chi connectivity index (χ4n) is 5.62. The molecule has 0 saturated carbocycles. The maximum Gasteiger partial charge on any atom is 0.260 e. The van der Waals surface area contributed by atoms with Crippen LogP contribution in [0.2, 0.25) is 0 Å². The summed E-state index contributed by atoms with van der Waals surface area (Å²) in [5.41, 5.74) is 2.47. The SMILES string of the molecule is COc1cccc(-c2c(C)c(Cc3ccccc3F)c3n(c2=O)C(CN2CC[C@@H](N(C)C)C2)CS3)c1F. The average molecular weight is 526 g/mol. The molecule has 1 aromatic heterocycles. The van der Waals surface area contributed by atoms with Crippen molar-refractivity contribution in [2.75, 3.05) is 46.6 Å². The van der Waals surface area contributed by atoms with E-state index < -0.39 is 5.82 Å². The Hall–Kier alpha value is -2.68. The zero-order valence-electron chi connectivity index (χ0n) is 21.8. The third kappa shape index (κ3) is 4.82. The van der Waals surface area contributed by atoms with Crippen LogP contribution < -0.4 is 10.3 Å². The Morgan fingerprint density at radius 2 is 1.92 bits per heavy atom. The van der Waals surface area contributed by atoms with E-state index >= 15 is 4.39 Å². The van der Waals surface area contributed by atoms with Gasteiger partial charge < -0.3 is 9.64 Å². The summed E-state index contributed by atoms with van der Waals surface area (Å²) in [5, 5.41) is 0.867. The molecule has 2 aromatic carbocycles. The van der Waals surface area contributed by atoms with Gasteiger partial charge in [0.2, 0.25) is 0 Å². The quantitative estimate of drug-likeness (QED) is 0.435. The van der Waals surface area contributed by atoms with Gasteiger partial charge in [0.1, 0.15) is 5.82 Å². The number of thioether (sulfide) groups is 1. The van der Waals surface area contributed by atoms with Gasteiger partial charge in [0.15, 0.2) is 11.6 Å². The summed E-state index contributed by atoms with van der Waals surface area (Å²) < 4.78 is 37.3. The summed E-state index contributed by atoms with van der Waals surface area (Å²) in [6.07, 6.45) is 1.43. The second kappa shape index (κ2) is 10.6. The average Bonchev–Trinajstić information content (AvgIpc) is 3.52. The van der Waals surface area contributed by atoms with Crippen molar-refractivity contribution >= 4 is 11.8 Å². The number of benzene rings is 2. The zero-order valence-corrected chi connectivity index (χ0v) is 22.6. The first-order valence-electron chi connectivity index (χ1n) is 12.7. The first-order chi connectivity index (χ1) is 17.8. The number of hydrogen-bond acceptors (Lipinski definition) is 5. The van der Waals surface area contributed by atoms with Gasteiger partial charge in [-0.1, -0.05) is 30.3 Å². The maximum atomic E-state index is 15.5. The predicted octanol–water partition coefficient (Wildman–Crippen LogP) is 4.98. The van der Waals surface area contributed by atoms with E-state index in [1.165, 1.54) is 13.2 Å². The largest absolute Gasteiger partial charge is 0.494 e. The topological polar surface area (TPSA) is 37.7 Å². The lowest BCUT2D eigenvalue weighted by Crippen LogP contribution is -2.37. The van der Waals surface area contributed by atoms with Gasteiger partial charge in [-0.15, -0.1) is 11.8 Å². The molecule has 8 heteroatoms. The number of ether oxygens (including phenoxy) is 1. The number of pyridine rings is 1. The normalized spacial score (nSPS) is 19.5. The van der Waals surface area contributed by atoms with Crippen LogP contribution in [0.5, 0.6) is 5.75 Å². The Bertz CT molecular complexity index is 1370. The van der Waals surface area contributed by atoms with Crippen LogP contribution in [0.3, 0.4) is 0 Å². The van der Waals surface area contributed by atoms with Gasteiger partial charge >= 0.3 is 0 Å². The van der Waals surface area contributed by atoms with Gasteiger partial charge in [-0.3, -0.25) is 14.3 Å². The number of halogens is 2. The Morgan fingerprint density at radius 3 is 2.62 bits per heavy atom. The molecular formula is C29H33F2N3O2S.